The quantitative estimate of drug-likeness (QED) is 0.818. The molecule has 86 valence electrons. The summed E-state index contributed by atoms with van der Waals surface area (Å²) in [5, 5.41) is 24.3. The zero-order valence-electron chi connectivity index (χ0n) is 8.77. The van der Waals surface area contributed by atoms with Gasteiger partial charge in [0.25, 0.3) is 0 Å². The van der Waals surface area contributed by atoms with Crippen LogP contribution in [0.25, 0.3) is 0 Å². The number of halogens is 1. The first-order valence-electron chi connectivity index (χ1n) is 4.96. The Balaban J connectivity index is 2.37. The topological polar surface area (TPSA) is 96.6 Å². The molecule has 2 rings (SSSR count). The maximum Gasteiger partial charge on any atom is 0.229 e. The number of hydrogen-bond donors (Lipinski definition) is 1. The van der Waals surface area contributed by atoms with E-state index in [-0.39, 0.29) is 22.7 Å². The van der Waals surface area contributed by atoms with E-state index in [1.165, 1.54) is 4.90 Å². The lowest BCUT2D eigenvalue weighted by atomic mass is 10.2. The van der Waals surface area contributed by atoms with Crippen molar-refractivity contribution in [3.8, 4) is 12.1 Å². The van der Waals surface area contributed by atoms with Crippen LogP contribution in [-0.4, -0.2) is 27.5 Å². The van der Waals surface area contributed by atoms with Gasteiger partial charge in [-0.1, -0.05) is 15.9 Å². The fraction of sp³-hybridized carbons (Fsp3) is 0.400. The number of nitrogens with zero attached hydrogens (tertiary/aromatic N) is 4. The summed E-state index contributed by atoms with van der Waals surface area (Å²) in [6.45, 7) is 0.490. The first kappa shape index (κ1) is 11.6. The van der Waals surface area contributed by atoms with Crippen molar-refractivity contribution in [2.24, 2.45) is 0 Å². The van der Waals surface area contributed by atoms with Crippen LogP contribution < -0.4 is 4.90 Å². The van der Waals surface area contributed by atoms with Gasteiger partial charge in [-0.15, -0.1) is 0 Å². The Morgan fingerprint density at radius 1 is 1.59 bits per heavy atom. The molecule has 1 aromatic rings. The summed E-state index contributed by atoms with van der Waals surface area (Å²) in [7, 11) is 0. The van der Waals surface area contributed by atoms with Gasteiger partial charge < -0.3 is 0 Å². The third-order valence-corrected chi connectivity index (χ3v) is 3.14. The molecule has 1 N–H and O–H groups in total. The van der Waals surface area contributed by atoms with Crippen LogP contribution >= 0.6 is 15.9 Å². The number of alkyl halides is 1. The molecule has 2 heterocycles. The van der Waals surface area contributed by atoms with Gasteiger partial charge >= 0.3 is 0 Å². The number of nitriles is 2. The summed E-state index contributed by atoms with van der Waals surface area (Å²) in [6.07, 6.45) is 0.473. The zero-order valence-corrected chi connectivity index (χ0v) is 10.4. The van der Waals surface area contributed by atoms with E-state index in [2.05, 4.69) is 26.1 Å². The van der Waals surface area contributed by atoms with E-state index in [1.54, 1.807) is 0 Å². The molecule has 1 aliphatic heterocycles. The van der Waals surface area contributed by atoms with Crippen molar-refractivity contribution < 1.29 is 4.79 Å². The highest BCUT2D eigenvalue weighted by molar-refractivity contribution is 9.09. The minimum Gasteiger partial charge on any atom is -0.293 e. The Morgan fingerprint density at radius 3 is 2.88 bits per heavy atom. The molecule has 0 aromatic carbocycles. The van der Waals surface area contributed by atoms with E-state index in [4.69, 9.17) is 10.5 Å². The highest BCUT2D eigenvalue weighted by Gasteiger charge is 2.32. The Hall–Kier alpha value is -1.86. The van der Waals surface area contributed by atoms with E-state index in [9.17, 15) is 4.79 Å². The summed E-state index contributed by atoms with van der Waals surface area (Å²) < 4.78 is 0. The first-order chi connectivity index (χ1) is 8.17. The molecule has 0 spiro atoms. The highest BCUT2D eigenvalue weighted by atomic mass is 79.9. The van der Waals surface area contributed by atoms with Gasteiger partial charge in [-0.05, 0) is 0 Å². The number of anilines is 1. The van der Waals surface area contributed by atoms with Gasteiger partial charge in [-0.2, -0.15) is 15.6 Å². The highest BCUT2D eigenvalue weighted by Crippen LogP contribution is 2.27. The molecule has 1 aromatic heterocycles. The van der Waals surface area contributed by atoms with E-state index in [0.717, 1.165) is 0 Å². The summed E-state index contributed by atoms with van der Waals surface area (Å²) in [5.41, 5.74) is 0.734. The summed E-state index contributed by atoms with van der Waals surface area (Å²) in [4.78, 5) is 13.2. The van der Waals surface area contributed by atoms with Crippen LogP contribution in [0.4, 0.5) is 5.82 Å². The average Bonchev–Trinajstić information content (AvgIpc) is 2.82. The number of carbonyl (C=O) groups excluding carboxylic acids is 1. The summed E-state index contributed by atoms with van der Waals surface area (Å²) in [6, 6.07) is 3.93. The van der Waals surface area contributed by atoms with Crippen molar-refractivity contribution in [1.82, 2.24) is 10.2 Å². The standard InChI is InChI=1S/C10H8BrN5O/c11-6-3-9(17)16(5-6)10-7(4-13)8(1-2-12)14-15-10/h6H,1,3,5H2,(H,14,15). The smallest absolute Gasteiger partial charge is 0.229 e. The Morgan fingerprint density at radius 2 is 2.35 bits per heavy atom. The maximum absolute atomic E-state index is 11.7. The van der Waals surface area contributed by atoms with Gasteiger partial charge in [-0.25, -0.2) is 0 Å². The van der Waals surface area contributed by atoms with Gasteiger partial charge in [0.05, 0.1) is 18.2 Å². The van der Waals surface area contributed by atoms with Crippen LogP contribution in [0.5, 0.6) is 0 Å². The number of carbonyl (C=O) groups is 1. The minimum absolute atomic E-state index is 0.0709. The van der Waals surface area contributed by atoms with Gasteiger partial charge in [0.2, 0.25) is 5.91 Å². The van der Waals surface area contributed by atoms with Gasteiger partial charge in [0, 0.05) is 17.8 Å². The molecule has 7 heteroatoms. The molecule has 1 atom stereocenters. The molecular weight excluding hydrogens is 286 g/mol. The largest absolute Gasteiger partial charge is 0.293 e. The maximum atomic E-state index is 11.7. The second-order valence-corrected chi connectivity index (χ2v) is 4.95. The van der Waals surface area contributed by atoms with Crippen LogP contribution in [-0.2, 0) is 11.2 Å². The molecule has 1 unspecified atom stereocenters. The number of hydrogen-bond acceptors (Lipinski definition) is 4. The molecule has 1 amide bonds. The molecule has 1 aliphatic rings. The monoisotopic (exact) mass is 293 g/mol. The van der Waals surface area contributed by atoms with E-state index >= 15 is 0 Å². The third-order valence-electron chi connectivity index (χ3n) is 2.52. The number of rotatable bonds is 2. The van der Waals surface area contributed by atoms with Crippen molar-refractivity contribution >= 4 is 27.7 Å². The van der Waals surface area contributed by atoms with Crippen LogP contribution in [0.2, 0.25) is 0 Å². The molecule has 6 nitrogen and oxygen atoms in total. The lowest BCUT2D eigenvalue weighted by Crippen LogP contribution is -2.25. The molecule has 1 fully saturated rings. The number of aromatic amines is 1. The molecule has 17 heavy (non-hydrogen) atoms. The van der Waals surface area contributed by atoms with Gasteiger partial charge in [-0.3, -0.25) is 14.8 Å². The number of H-pyrrole nitrogens is 1. The minimum atomic E-state index is -0.0709. The molecule has 1 saturated heterocycles. The summed E-state index contributed by atoms with van der Waals surface area (Å²) in [5.74, 6) is 0.253. The normalized spacial score (nSPS) is 19.1. The first-order valence-corrected chi connectivity index (χ1v) is 5.87. The van der Waals surface area contributed by atoms with Crippen LogP contribution in [0.15, 0.2) is 0 Å². The molecule has 0 radical (unpaired) electrons. The number of nitrogens with one attached hydrogen (secondary N) is 1. The van der Waals surface area contributed by atoms with Gasteiger partial charge in [0.15, 0.2) is 5.82 Å². The van der Waals surface area contributed by atoms with Crippen molar-refractivity contribution in [2.75, 3.05) is 11.4 Å². The van der Waals surface area contributed by atoms with Crippen LogP contribution in [0.3, 0.4) is 0 Å². The number of aromatic nitrogens is 2. The fourth-order valence-corrected chi connectivity index (χ4v) is 2.32. The predicted molar refractivity (Wildman–Crippen MR) is 62.3 cm³/mol. The van der Waals surface area contributed by atoms with Crippen molar-refractivity contribution in [3.63, 3.8) is 0 Å². The fourth-order valence-electron chi connectivity index (χ4n) is 1.76. The zero-order chi connectivity index (χ0) is 12.4. The van der Waals surface area contributed by atoms with E-state index in [0.29, 0.717) is 24.5 Å². The molecule has 0 aliphatic carbocycles. The second kappa shape index (κ2) is 4.56. The Labute approximate surface area is 106 Å². The Kier molecular flexibility index (Phi) is 3.12. The van der Waals surface area contributed by atoms with Crippen LogP contribution in [0, 0.1) is 22.7 Å². The second-order valence-electron chi connectivity index (χ2n) is 3.65. The van der Waals surface area contributed by atoms with E-state index in [1.807, 2.05) is 12.1 Å². The lowest BCUT2D eigenvalue weighted by molar-refractivity contribution is -0.117. The van der Waals surface area contributed by atoms with Crippen LogP contribution in [0.1, 0.15) is 17.7 Å². The Bertz CT molecular complexity index is 538. The van der Waals surface area contributed by atoms with Crippen molar-refractivity contribution in [2.45, 2.75) is 17.7 Å². The van der Waals surface area contributed by atoms with E-state index < -0.39 is 0 Å². The molecule has 0 saturated carbocycles. The molecular formula is C10H8BrN5O. The predicted octanol–water partition coefficient (Wildman–Crippen LogP) is 0.848. The average molecular weight is 294 g/mol. The number of amides is 1. The summed E-state index contributed by atoms with van der Waals surface area (Å²) >= 11 is 3.36. The van der Waals surface area contributed by atoms with Crippen molar-refractivity contribution in [1.29, 1.82) is 10.5 Å². The van der Waals surface area contributed by atoms with Gasteiger partial charge in [0.1, 0.15) is 11.6 Å². The van der Waals surface area contributed by atoms with Crippen molar-refractivity contribution in [3.05, 3.63) is 11.3 Å². The molecule has 0 bridgehead atoms. The third kappa shape index (κ3) is 2.02. The SMILES string of the molecule is N#CCc1[nH]nc(N2CC(Br)CC2=O)c1C#N. The lowest BCUT2D eigenvalue weighted by Gasteiger charge is -2.12.